The van der Waals surface area contributed by atoms with Crippen LogP contribution in [-0.4, -0.2) is 25.0 Å². The molecule has 0 aliphatic carbocycles. The van der Waals surface area contributed by atoms with Crippen LogP contribution < -0.4 is 11.1 Å². The highest BCUT2D eigenvalue weighted by molar-refractivity contribution is 5.90. The Morgan fingerprint density at radius 1 is 1.33 bits per heavy atom. The first-order chi connectivity index (χ1) is 8.39. The van der Waals surface area contributed by atoms with Crippen LogP contribution in [0, 0.1) is 0 Å². The number of nitrogens with one attached hydrogen (secondary N) is 1. The molecule has 18 heavy (non-hydrogen) atoms. The number of hydrogen-bond acceptors (Lipinski definition) is 4. The van der Waals surface area contributed by atoms with E-state index in [0.717, 1.165) is 0 Å². The summed E-state index contributed by atoms with van der Waals surface area (Å²) >= 11 is 0. The molecular formula is C13H18N2O3. The van der Waals surface area contributed by atoms with Crippen LogP contribution in [-0.2, 0) is 19.9 Å². The minimum atomic E-state index is -1.19. The van der Waals surface area contributed by atoms with Gasteiger partial charge in [-0.05, 0) is 19.4 Å². The van der Waals surface area contributed by atoms with Crippen molar-refractivity contribution in [1.29, 1.82) is 0 Å². The first kappa shape index (κ1) is 14.2. The molecule has 5 heteroatoms. The van der Waals surface area contributed by atoms with E-state index in [4.69, 9.17) is 5.73 Å². The Kier molecular flexibility index (Phi) is 4.44. The van der Waals surface area contributed by atoms with Crippen molar-refractivity contribution in [2.45, 2.75) is 25.4 Å². The third kappa shape index (κ3) is 3.07. The van der Waals surface area contributed by atoms with Gasteiger partial charge in [-0.15, -0.1) is 0 Å². The number of carbonyl (C=O) groups is 2. The predicted octanol–water partition coefficient (Wildman–Crippen LogP) is 0.538. The highest BCUT2D eigenvalue weighted by Crippen LogP contribution is 2.17. The molecule has 2 atom stereocenters. The standard InChI is InChI=1S/C13H18N2O3/c1-9(11(16)18-3)15-12(17)13(2,14)10-7-5-4-6-8-10/h4-9H,14H2,1-3H3,(H,15,17)/t9-,13?/m1/s1. The summed E-state index contributed by atoms with van der Waals surface area (Å²) in [4.78, 5) is 23.3. The zero-order chi connectivity index (χ0) is 13.8. The molecular weight excluding hydrogens is 232 g/mol. The molecule has 0 aliphatic rings. The molecule has 1 rings (SSSR count). The third-order valence-electron chi connectivity index (χ3n) is 2.75. The van der Waals surface area contributed by atoms with E-state index in [1.165, 1.54) is 7.11 Å². The lowest BCUT2D eigenvalue weighted by molar-refractivity contribution is -0.145. The van der Waals surface area contributed by atoms with Crippen LogP contribution in [0.5, 0.6) is 0 Å². The van der Waals surface area contributed by atoms with Crippen LogP contribution in [0.3, 0.4) is 0 Å². The van der Waals surface area contributed by atoms with Gasteiger partial charge in [-0.3, -0.25) is 4.79 Å². The Hall–Kier alpha value is -1.88. The maximum absolute atomic E-state index is 12.1. The minimum Gasteiger partial charge on any atom is -0.467 e. The van der Waals surface area contributed by atoms with Gasteiger partial charge in [0.2, 0.25) is 5.91 Å². The Morgan fingerprint density at radius 3 is 2.39 bits per heavy atom. The number of hydrogen-bond donors (Lipinski definition) is 2. The highest BCUT2D eigenvalue weighted by atomic mass is 16.5. The van der Waals surface area contributed by atoms with Crippen LogP contribution in [0.1, 0.15) is 19.4 Å². The summed E-state index contributed by atoms with van der Waals surface area (Å²) in [6, 6.07) is 8.25. The summed E-state index contributed by atoms with van der Waals surface area (Å²) in [6.07, 6.45) is 0. The van der Waals surface area contributed by atoms with Crippen molar-refractivity contribution in [2.75, 3.05) is 7.11 Å². The van der Waals surface area contributed by atoms with E-state index in [-0.39, 0.29) is 0 Å². The van der Waals surface area contributed by atoms with Gasteiger partial charge in [-0.2, -0.15) is 0 Å². The molecule has 3 N–H and O–H groups in total. The molecule has 1 aromatic rings. The van der Waals surface area contributed by atoms with E-state index in [0.29, 0.717) is 5.56 Å². The van der Waals surface area contributed by atoms with Crippen LogP contribution >= 0.6 is 0 Å². The fraction of sp³-hybridized carbons (Fsp3) is 0.385. The number of benzene rings is 1. The molecule has 0 radical (unpaired) electrons. The Labute approximate surface area is 106 Å². The summed E-state index contributed by atoms with van der Waals surface area (Å²) in [5.74, 6) is -0.932. The smallest absolute Gasteiger partial charge is 0.328 e. The van der Waals surface area contributed by atoms with Crippen molar-refractivity contribution in [2.24, 2.45) is 5.73 Å². The third-order valence-corrected chi connectivity index (χ3v) is 2.75. The molecule has 0 aromatic heterocycles. The quantitative estimate of drug-likeness (QED) is 0.764. The fourth-order valence-electron chi connectivity index (χ4n) is 1.50. The summed E-state index contributed by atoms with van der Waals surface area (Å²) in [6.45, 7) is 3.15. The van der Waals surface area contributed by atoms with E-state index in [2.05, 4.69) is 10.1 Å². The maximum atomic E-state index is 12.1. The van der Waals surface area contributed by atoms with Crippen molar-refractivity contribution in [3.63, 3.8) is 0 Å². The Morgan fingerprint density at radius 2 is 1.89 bits per heavy atom. The summed E-state index contributed by atoms with van der Waals surface area (Å²) in [7, 11) is 1.27. The summed E-state index contributed by atoms with van der Waals surface area (Å²) in [5, 5.41) is 2.53. The highest BCUT2D eigenvalue weighted by Gasteiger charge is 2.32. The normalized spacial score (nSPS) is 15.3. The zero-order valence-electron chi connectivity index (χ0n) is 10.8. The van der Waals surface area contributed by atoms with E-state index >= 15 is 0 Å². The fourth-order valence-corrected chi connectivity index (χ4v) is 1.50. The molecule has 5 nitrogen and oxygen atoms in total. The zero-order valence-corrected chi connectivity index (χ0v) is 10.8. The van der Waals surface area contributed by atoms with Gasteiger partial charge in [0.25, 0.3) is 0 Å². The van der Waals surface area contributed by atoms with Gasteiger partial charge in [-0.25, -0.2) is 4.79 Å². The topological polar surface area (TPSA) is 81.4 Å². The molecule has 0 fully saturated rings. The molecule has 1 unspecified atom stereocenters. The molecule has 1 aromatic carbocycles. The first-order valence-corrected chi connectivity index (χ1v) is 5.62. The monoisotopic (exact) mass is 250 g/mol. The van der Waals surface area contributed by atoms with E-state index in [1.54, 1.807) is 38.1 Å². The number of nitrogens with two attached hydrogens (primary N) is 1. The molecule has 0 saturated carbocycles. The Balaban J connectivity index is 2.80. The van der Waals surface area contributed by atoms with Crippen molar-refractivity contribution in [3.8, 4) is 0 Å². The van der Waals surface area contributed by atoms with Crippen molar-refractivity contribution in [3.05, 3.63) is 35.9 Å². The van der Waals surface area contributed by atoms with Gasteiger partial charge < -0.3 is 15.8 Å². The van der Waals surface area contributed by atoms with Gasteiger partial charge in [0, 0.05) is 0 Å². The molecule has 1 amide bonds. The number of ether oxygens (including phenoxy) is 1. The molecule has 98 valence electrons. The predicted molar refractivity (Wildman–Crippen MR) is 67.6 cm³/mol. The summed E-state index contributed by atoms with van der Waals surface area (Å²) < 4.78 is 4.54. The molecule has 0 heterocycles. The second-order valence-corrected chi connectivity index (χ2v) is 4.29. The van der Waals surface area contributed by atoms with Gasteiger partial charge in [0.1, 0.15) is 11.6 Å². The SMILES string of the molecule is COC(=O)[C@@H](C)NC(=O)C(C)(N)c1ccccc1. The van der Waals surface area contributed by atoms with E-state index < -0.39 is 23.5 Å². The number of esters is 1. The van der Waals surface area contributed by atoms with Crippen LogP contribution in [0.15, 0.2) is 30.3 Å². The average Bonchev–Trinajstić information content (AvgIpc) is 2.38. The van der Waals surface area contributed by atoms with Crippen molar-refractivity contribution >= 4 is 11.9 Å². The lowest BCUT2D eigenvalue weighted by atomic mass is 9.92. The van der Waals surface area contributed by atoms with Crippen molar-refractivity contribution < 1.29 is 14.3 Å². The summed E-state index contributed by atoms with van der Waals surface area (Å²) in [5.41, 5.74) is 5.50. The second kappa shape index (κ2) is 5.64. The van der Waals surface area contributed by atoms with Gasteiger partial charge in [-0.1, -0.05) is 30.3 Å². The van der Waals surface area contributed by atoms with Crippen molar-refractivity contribution in [1.82, 2.24) is 5.32 Å². The van der Waals surface area contributed by atoms with Crippen LogP contribution in [0.25, 0.3) is 0 Å². The Bertz CT molecular complexity index is 429. The molecule has 0 spiro atoms. The van der Waals surface area contributed by atoms with Crippen LogP contribution in [0.2, 0.25) is 0 Å². The van der Waals surface area contributed by atoms with E-state index in [1.807, 2.05) is 6.07 Å². The largest absolute Gasteiger partial charge is 0.467 e. The molecule has 0 aliphatic heterocycles. The number of rotatable bonds is 4. The minimum absolute atomic E-state index is 0.424. The molecule has 0 saturated heterocycles. The number of methoxy groups -OCH3 is 1. The molecule has 0 bridgehead atoms. The van der Waals surface area contributed by atoms with E-state index in [9.17, 15) is 9.59 Å². The lowest BCUT2D eigenvalue weighted by Gasteiger charge is -2.25. The van der Waals surface area contributed by atoms with Crippen LogP contribution in [0.4, 0.5) is 0 Å². The average molecular weight is 250 g/mol. The number of carbonyl (C=O) groups excluding carboxylic acids is 2. The van der Waals surface area contributed by atoms with Gasteiger partial charge in [0.05, 0.1) is 7.11 Å². The van der Waals surface area contributed by atoms with Gasteiger partial charge >= 0.3 is 5.97 Å². The maximum Gasteiger partial charge on any atom is 0.328 e. The van der Waals surface area contributed by atoms with Gasteiger partial charge in [0.15, 0.2) is 0 Å². The number of amides is 1. The lowest BCUT2D eigenvalue weighted by Crippen LogP contribution is -2.53. The second-order valence-electron chi connectivity index (χ2n) is 4.29. The first-order valence-electron chi connectivity index (χ1n) is 5.62.